The van der Waals surface area contributed by atoms with Gasteiger partial charge in [0.25, 0.3) is 0 Å². The van der Waals surface area contributed by atoms with Crippen LogP contribution >= 0.6 is 11.3 Å². The van der Waals surface area contributed by atoms with Crippen LogP contribution < -0.4 is 5.32 Å². The van der Waals surface area contributed by atoms with E-state index in [9.17, 15) is 17.6 Å². The Morgan fingerprint density at radius 1 is 1.36 bits per heavy atom. The van der Waals surface area contributed by atoms with Crippen LogP contribution in [0.1, 0.15) is 24.8 Å². The molecule has 3 rings (SSSR count). The number of benzene rings is 1. The monoisotopic (exact) mass is 384 g/mol. The van der Waals surface area contributed by atoms with Crippen molar-refractivity contribution in [2.75, 3.05) is 11.9 Å². The molecule has 1 fully saturated rings. The van der Waals surface area contributed by atoms with Crippen molar-refractivity contribution in [2.45, 2.75) is 37.1 Å². The quantitative estimate of drug-likeness (QED) is 0.852. The number of carbonyl (C=O) groups is 1. The smallest absolute Gasteiger partial charge is 0.244 e. The lowest BCUT2D eigenvalue weighted by Crippen LogP contribution is -2.43. The number of hydrogen-bond donors (Lipinski definition) is 1. The van der Waals surface area contributed by atoms with Gasteiger partial charge in [-0.25, -0.2) is 12.8 Å². The average molecular weight is 384 g/mol. The second-order valence-corrected chi connectivity index (χ2v) is 8.52. The highest BCUT2D eigenvalue weighted by Gasteiger charge is 2.39. The molecule has 1 atom stereocenters. The zero-order valence-corrected chi connectivity index (χ0v) is 15.1. The van der Waals surface area contributed by atoms with Crippen LogP contribution in [-0.2, 0) is 21.2 Å². The standard InChI is InChI=1S/C15H17FN4O3S2/c1-2-13-18-19-15(24-13)17-14(21)12-4-3-9-20(12)25(22,23)11-7-5-10(16)6-8-11/h5-8,12H,2-4,9H2,1H3,(H,17,19,21)/t12-/m0/s1. The van der Waals surface area contributed by atoms with Crippen LogP contribution in [0.2, 0.25) is 0 Å². The number of amides is 1. The first-order valence-corrected chi connectivity index (χ1v) is 10.1. The molecule has 0 unspecified atom stereocenters. The van der Waals surface area contributed by atoms with Gasteiger partial charge in [-0.15, -0.1) is 10.2 Å². The van der Waals surface area contributed by atoms with Crippen molar-refractivity contribution in [2.24, 2.45) is 0 Å². The molecule has 2 heterocycles. The number of rotatable bonds is 5. The molecule has 1 amide bonds. The van der Waals surface area contributed by atoms with Crippen LogP contribution in [-0.4, -0.2) is 41.4 Å². The van der Waals surface area contributed by atoms with Gasteiger partial charge in [-0.2, -0.15) is 4.31 Å². The minimum atomic E-state index is -3.87. The van der Waals surface area contributed by atoms with E-state index in [4.69, 9.17) is 0 Å². The lowest BCUT2D eigenvalue weighted by Gasteiger charge is -2.22. The summed E-state index contributed by atoms with van der Waals surface area (Å²) in [7, 11) is -3.87. The van der Waals surface area contributed by atoms with E-state index in [1.54, 1.807) is 0 Å². The fourth-order valence-corrected chi connectivity index (χ4v) is 5.01. The normalized spacial score (nSPS) is 18.4. The minimum Gasteiger partial charge on any atom is -0.299 e. The average Bonchev–Trinajstić information content (AvgIpc) is 3.24. The second kappa shape index (κ2) is 7.14. The predicted molar refractivity (Wildman–Crippen MR) is 91.2 cm³/mol. The van der Waals surface area contributed by atoms with E-state index in [0.717, 1.165) is 21.4 Å². The predicted octanol–water partition coefficient (Wildman–Crippen LogP) is 2.03. The summed E-state index contributed by atoms with van der Waals surface area (Å²) in [5.74, 6) is -0.945. The Kier molecular flexibility index (Phi) is 5.11. The third kappa shape index (κ3) is 3.70. The topological polar surface area (TPSA) is 92.3 Å². The summed E-state index contributed by atoms with van der Waals surface area (Å²) in [6.45, 7) is 2.17. The van der Waals surface area contributed by atoms with Crippen molar-refractivity contribution >= 4 is 32.4 Å². The van der Waals surface area contributed by atoms with Gasteiger partial charge in [0.2, 0.25) is 21.1 Å². The van der Waals surface area contributed by atoms with E-state index in [0.29, 0.717) is 24.4 Å². The molecular weight excluding hydrogens is 367 g/mol. The van der Waals surface area contributed by atoms with Gasteiger partial charge < -0.3 is 0 Å². The molecule has 0 spiro atoms. The third-order valence-corrected chi connectivity index (χ3v) is 6.83. The van der Waals surface area contributed by atoms with Crippen molar-refractivity contribution in [3.05, 3.63) is 35.1 Å². The van der Waals surface area contributed by atoms with Gasteiger partial charge in [0.05, 0.1) is 4.90 Å². The van der Waals surface area contributed by atoms with E-state index < -0.39 is 27.8 Å². The van der Waals surface area contributed by atoms with Crippen molar-refractivity contribution in [1.29, 1.82) is 0 Å². The highest BCUT2D eigenvalue weighted by Crippen LogP contribution is 2.27. The summed E-state index contributed by atoms with van der Waals surface area (Å²) in [5, 5.41) is 11.6. The summed E-state index contributed by atoms with van der Waals surface area (Å²) < 4.78 is 39.7. The van der Waals surface area contributed by atoms with Gasteiger partial charge in [-0.1, -0.05) is 18.3 Å². The van der Waals surface area contributed by atoms with Gasteiger partial charge >= 0.3 is 0 Å². The summed E-state index contributed by atoms with van der Waals surface area (Å²) >= 11 is 1.26. The summed E-state index contributed by atoms with van der Waals surface area (Å²) in [4.78, 5) is 12.5. The van der Waals surface area contributed by atoms with Crippen LogP contribution in [0.4, 0.5) is 9.52 Å². The SMILES string of the molecule is CCc1nnc(NC(=O)[C@@H]2CCCN2S(=O)(=O)c2ccc(F)cc2)s1. The first kappa shape index (κ1) is 17.9. The van der Waals surface area contributed by atoms with Gasteiger partial charge in [0, 0.05) is 6.54 Å². The molecule has 10 heteroatoms. The van der Waals surface area contributed by atoms with Crippen LogP contribution in [0.25, 0.3) is 0 Å². The third-order valence-electron chi connectivity index (χ3n) is 3.93. The van der Waals surface area contributed by atoms with Crippen LogP contribution in [0.5, 0.6) is 0 Å². The number of aryl methyl sites for hydroxylation is 1. The number of aromatic nitrogens is 2. The molecule has 1 aliphatic rings. The van der Waals surface area contributed by atoms with Crippen LogP contribution in [0.15, 0.2) is 29.2 Å². The number of nitrogens with zero attached hydrogens (tertiary/aromatic N) is 3. The molecular formula is C15H17FN4O3S2. The molecule has 1 aliphatic heterocycles. The highest BCUT2D eigenvalue weighted by atomic mass is 32.2. The number of carbonyl (C=O) groups excluding carboxylic acids is 1. The van der Waals surface area contributed by atoms with E-state index in [2.05, 4.69) is 15.5 Å². The van der Waals surface area contributed by atoms with Gasteiger partial charge in [0.1, 0.15) is 16.9 Å². The van der Waals surface area contributed by atoms with Gasteiger partial charge in [0.15, 0.2) is 0 Å². The fraction of sp³-hybridized carbons (Fsp3) is 0.400. The Morgan fingerprint density at radius 2 is 2.08 bits per heavy atom. The van der Waals surface area contributed by atoms with Crippen LogP contribution in [0, 0.1) is 5.82 Å². The molecule has 25 heavy (non-hydrogen) atoms. The number of halogens is 1. The summed E-state index contributed by atoms with van der Waals surface area (Å²) in [6.07, 6.45) is 1.71. The van der Waals surface area contributed by atoms with Crippen molar-refractivity contribution in [1.82, 2.24) is 14.5 Å². The molecule has 0 saturated carbocycles. The first-order chi connectivity index (χ1) is 11.9. The molecule has 1 N–H and O–H groups in total. The van der Waals surface area contributed by atoms with Crippen molar-refractivity contribution < 1.29 is 17.6 Å². The number of hydrogen-bond acceptors (Lipinski definition) is 6. The van der Waals surface area contributed by atoms with Gasteiger partial charge in [-0.3, -0.25) is 10.1 Å². The Labute approximate surface area is 148 Å². The Bertz CT molecular complexity index is 867. The number of anilines is 1. The molecule has 0 radical (unpaired) electrons. The Balaban J connectivity index is 1.79. The molecule has 1 saturated heterocycles. The zero-order valence-electron chi connectivity index (χ0n) is 13.5. The largest absolute Gasteiger partial charge is 0.299 e. The molecule has 2 aromatic rings. The van der Waals surface area contributed by atoms with E-state index in [1.165, 1.54) is 23.5 Å². The molecule has 0 bridgehead atoms. The highest BCUT2D eigenvalue weighted by molar-refractivity contribution is 7.89. The Hall–Kier alpha value is -1.91. The van der Waals surface area contributed by atoms with Gasteiger partial charge in [-0.05, 0) is 43.5 Å². The van der Waals surface area contributed by atoms with E-state index in [1.807, 2.05) is 6.92 Å². The maximum Gasteiger partial charge on any atom is 0.244 e. The fourth-order valence-electron chi connectivity index (χ4n) is 2.67. The maximum absolute atomic E-state index is 13.0. The molecule has 134 valence electrons. The van der Waals surface area contributed by atoms with Crippen molar-refractivity contribution in [3.8, 4) is 0 Å². The lowest BCUT2D eigenvalue weighted by atomic mass is 10.2. The molecule has 0 aliphatic carbocycles. The molecule has 1 aromatic heterocycles. The molecule has 7 nitrogen and oxygen atoms in total. The number of sulfonamides is 1. The zero-order chi connectivity index (χ0) is 18.0. The van der Waals surface area contributed by atoms with Crippen LogP contribution in [0.3, 0.4) is 0 Å². The number of nitrogens with one attached hydrogen (secondary N) is 1. The van der Waals surface area contributed by atoms with E-state index >= 15 is 0 Å². The first-order valence-electron chi connectivity index (χ1n) is 7.82. The summed E-state index contributed by atoms with van der Waals surface area (Å²) in [5.41, 5.74) is 0. The molecule has 1 aromatic carbocycles. The minimum absolute atomic E-state index is 0.0298. The van der Waals surface area contributed by atoms with E-state index in [-0.39, 0.29) is 11.4 Å². The van der Waals surface area contributed by atoms with Crippen molar-refractivity contribution in [3.63, 3.8) is 0 Å². The summed E-state index contributed by atoms with van der Waals surface area (Å²) in [6, 6.07) is 3.77. The second-order valence-electron chi connectivity index (χ2n) is 5.57. The lowest BCUT2D eigenvalue weighted by molar-refractivity contribution is -0.119. The Morgan fingerprint density at radius 3 is 2.72 bits per heavy atom. The maximum atomic E-state index is 13.0.